The van der Waals surface area contributed by atoms with E-state index in [0.717, 1.165) is 29.1 Å². The van der Waals surface area contributed by atoms with Crippen LogP contribution in [0, 0.1) is 23.3 Å². The Bertz CT molecular complexity index is 1390. The first-order valence-electron chi connectivity index (χ1n) is 11.0. The fourth-order valence-corrected chi connectivity index (χ4v) is 4.27. The molecule has 3 N–H and O–H groups in total. The first-order chi connectivity index (χ1) is 17.8. The molecule has 1 aliphatic heterocycles. The van der Waals surface area contributed by atoms with Gasteiger partial charge in [-0.15, -0.1) is 15.3 Å². The Morgan fingerprint density at radius 3 is 2.43 bits per heavy atom. The summed E-state index contributed by atoms with van der Waals surface area (Å²) >= 11 is 0. The number of hydrogen-bond donors (Lipinski definition) is 3. The molecule has 0 unspecified atom stereocenters. The predicted molar refractivity (Wildman–Crippen MR) is 115 cm³/mol. The highest BCUT2D eigenvalue weighted by molar-refractivity contribution is 5.58. The molecule has 4 aromatic rings. The van der Waals surface area contributed by atoms with E-state index < -0.39 is 53.7 Å². The molecule has 37 heavy (non-hydrogen) atoms. The van der Waals surface area contributed by atoms with E-state index in [4.69, 9.17) is 4.74 Å². The van der Waals surface area contributed by atoms with Crippen molar-refractivity contribution < 1.29 is 37.6 Å². The highest BCUT2D eigenvalue weighted by Crippen LogP contribution is 2.39. The van der Waals surface area contributed by atoms with Crippen molar-refractivity contribution in [3.63, 3.8) is 0 Å². The highest BCUT2D eigenvalue weighted by Gasteiger charge is 2.48. The molecule has 1 aromatic carbocycles. The zero-order chi connectivity index (χ0) is 26.3. The second kappa shape index (κ2) is 9.93. The molecular formula is C22H19F4N7O4. The standard InChI is InChI=1S/C22H19F4N7O4/c23-11-5-12(7-27-6-11)32-9-28-30-22(32)21-20(36)18(19(35)16(37-21)1-2-34)33-8-15(29-31-33)10-3-13(24)17(26)14(25)4-10/h3-9,16,18-21,34-36H,1-2H2/t16-,18+,19+,20-,21-/m1/s1. The fourth-order valence-electron chi connectivity index (χ4n) is 4.27. The lowest BCUT2D eigenvalue weighted by molar-refractivity contribution is -0.205. The summed E-state index contributed by atoms with van der Waals surface area (Å²) in [4.78, 5) is 3.79. The van der Waals surface area contributed by atoms with Crippen LogP contribution >= 0.6 is 0 Å². The van der Waals surface area contributed by atoms with E-state index in [1.54, 1.807) is 0 Å². The molecule has 1 saturated heterocycles. The van der Waals surface area contributed by atoms with Gasteiger partial charge in [0.25, 0.3) is 0 Å². The van der Waals surface area contributed by atoms with Gasteiger partial charge in [0.2, 0.25) is 0 Å². The Labute approximate surface area is 205 Å². The van der Waals surface area contributed by atoms with Crippen LogP contribution in [0.25, 0.3) is 16.9 Å². The van der Waals surface area contributed by atoms with Gasteiger partial charge < -0.3 is 20.1 Å². The predicted octanol–water partition coefficient (Wildman–Crippen LogP) is 1.26. The molecule has 1 aliphatic rings. The van der Waals surface area contributed by atoms with Crippen molar-refractivity contribution in [1.82, 2.24) is 34.7 Å². The molecule has 1 fully saturated rings. The molecule has 11 nitrogen and oxygen atoms in total. The first-order valence-corrected chi connectivity index (χ1v) is 11.0. The third-order valence-electron chi connectivity index (χ3n) is 6.02. The van der Waals surface area contributed by atoms with Crippen molar-refractivity contribution in [1.29, 1.82) is 0 Å². The Kier molecular flexibility index (Phi) is 6.68. The summed E-state index contributed by atoms with van der Waals surface area (Å²) in [6.07, 6.45) is -0.440. The number of benzene rings is 1. The maximum atomic E-state index is 13.8. The quantitative estimate of drug-likeness (QED) is 0.252. The molecule has 0 radical (unpaired) electrons. The van der Waals surface area contributed by atoms with Crippen molar-refractivity contribution >= 4 is 0 Å². The van der Waals surface area contributed by atoms with E-state index in [9.17, 15) is 32.9 Å². The molecule has 0 aliphatic carbocycles. The van der Waals surface area contributed by atoms with Crippen molar-refractivity contribution in [2.45, 2.75) is 36.9 Å². The van der Waals surface area contributed by atoms with Gasteiger partial charge in [-0.25, -0.2) is 22.2 Å². The van der Waals surface area contributed by atoms with Gasteiger partial charge in [-0.3, -0.25) is 9.55 Å². The normalized spacial score (nSPS) is 23.9. The lowest BCUT2D eigenvalue weighted by Crippen LogP contribution is -2.52. The van der Waals surface area contributed by atoms with E-state index in [2.05, 4.69) is 25.5 Å². The summed E-state index contributed by atoms with van der Waals surface area (Å²) in [7, 11) is 0. The van der Waals surface area contributed by atoms with Crippen molar-refractivity contribution in [3.8, 4) is 16.9 Å². The zero-order valence-corrected chi connectivity index (χ0v) is 18.7. The molecule has 5 atom stereocenters. The second-order valence-electron chi connectivity index (χ2n) is 8.34. The Hall–Kier alpha value is -3.79. The molecule has 0 saturated carbocycles. The van der Waals surface area contributed by atoms with E-state index in [0.29, 0.717) is 0 Å². The summed E-state index contributed by atoms with van der Waals surface area (Å²) in [5, 5.41) is 47.3. The lowest BCUT2D eigenvalue weighted by atomic mass is 9.90. The minimum atomic E-state index is -1.64. The van der Waals surface area contributed by atoms with E-state index in [-0.39, 0.29) is 35.8 Å². The molecule has 0 bridgehead atoms. The molecule has 0 spiro atoms. The van der Waals surface area contributed by atoms with Crippen LogP contribution in [0.1, 0.15) is 24.4 Å². The summed E-state index contributed by atoms with van der Waals surface area (Å²) in [6, 6.07) is 1.40. The minimum Gasteiger partial charge on any atom is -0.396 e. The Balaban J connectivity index is 1.52. The first kappa shape index (κ1) is 24.9. The third kappa shape index (κ3) is 4.57. The summed E-state index contributed by atoms with van der Waals surface area (Å²) in [6.45, 7) is -0.367. The Morgan fingerprint density at radius 1 is 0.973 bits per heavy atom. The maximum Gasteiger partial charge on any atom is 0.194 e. The molecule has 0 amide bonds. The number of aliphatic hydroxyl groups excluding tert-OH is 3. The van der Waals surface area contributed by atoms with Crippen LogP contribution in [0.15, 0.2) is 43.1 Å². The van der Waals surface area contributed by atoms with Crippen LogP contribution < -0.4 is 0 Å². The van der Waals surface area contributed by atoms with Gasteiger partial charge in [0.1, 0.15) is 42.2 Å². The van der Waals surface area contributed by atoms with Gasteiger partial charge in [-0.05, 0) is 18.6 Å². The van der Waals surface area contributed by atoms with Crippen LogP contribution in [0.2, 0.25) is 0 Å². The molecular weight excluding hydrogens is 502 g/mol. The van der Waals surface area contributed by atoms with Gasteiger partial charge in [-0.2, -0.15) is 0 Å². The largest absolute Gasteiger partial charge is 0.396 e. The van der Waals surface area contributed by atoms with Gasteiger partial charge in [0.15, 0.2) is 23.3 Å². The van der Waals surface area contributed by atoms with Gasteiger partial charge in [0, 0.05) is 18.2 Å². The van der Waals surface area contributed by atoms with Crippen LogP contribution in [-0.4, -0.2) is 75.0 Å². The molecule has 194 valence electrons. The number of rotatable bonds is 6. The van der Waals surface area contributed by atoms with Crippen LogP contribution in [-0.2, 0) is 4.74 Å². The Morgan fingerprint density at radius 2 is 1.73 bits per heavy atom. The topological polar surface area (TPSA) is 144 Å². The highest BCUT2D eigenvalue weighted by atomic mass is 19.2. The van der Waals surface area contributed by atoms with Crippen molar-refractivity contribution in [3.05, 3.63) is 72.2 Å². The minimum absolute atomic E-state index is 0.0352. The van der Waals surface area contributed by atoms with Crippen LogP contribution in [0.3, 0.4) is 0 Å². The van der Waals surface area contributed by atoms with Crippen molar-refractivity contribution in [2.75, 3.05) is 6.61 Å². The van der Waals surface area contributed by atoms with Gasteiger partial charge in [-0.1, -0.05) is 5.21 Å². The smallest absolute Gasteiger partial charge is 0.194 e. The van der Waals surface area contributed by atoms with Crippen molar-refractivity contribution in [2.24, 2.45) is 0 Å². The number of hydrogen-bond acceptors (Lipinski definition) is 9. The number of nitrogens with zero attached hydrogens (tertiary/aromatic N) is 7. The molecule has 5 rings (SSSR count). The third-order valence-corrected chi connectivity index (χ3v) is 6.02. The number of pyridine rings is 1. The fraction of sp³-hybridized carbons (Fsp3) is 0.318. The lowest BCUT2D eigenvalue weighted by Gasteiger charge is -2.42. The van der Waals surface area contributed by atoms with E-state index >= 15 is 0 Å². The SMILES string of the molecule is OCC[C@H]1O[C@@H](c2nncn2-c2cncc(F)c2)[C@H](O)[C@@H](n2cc(-c3cc(F)c(F)c(F)c3)nn2)[C@H]1O. The molecule has 15 heteroatoms. The monoisotopic (exact) mass is 521 g/mol. The van der Waals surface area contributed by atoms with Gasteiger partial charge in [0.05, 0.1) is 30.4 Å². The summed E-state index contributed by atoms with van der Waals surface area (Å²) < 4.78 is 62.9. The number of aromatic nitrogens is 7. The maximum absolute atomic E-state index is 13.8. The number of ether oxygens (including phenoxy) is 1. The summed E-state index contributed by atoms with van der Waals surface area (Å²) in [5.41, 5.74) is 0.0500. The molecule has 3 aromatic heterocycles. The zero-order valence-electron chi connectivity index (χ0n) is 18.7. The van der Waals surface area contributed by atoms with E-state index in [1.165, 1.54) is 23.3 Å². The average Bonchev–Trinajstić information content (AvgIpc) is 3.55. The number of halogens is 4. The van der Waals surface area contributed by atoms with Gasteiger partial charge >= 0.3 is 0 Å². The molecule has 4 heterocycles. The number of aliphatic hydroxyl groups is 3. The second-order valence-corrected chi connectivity index (χ2v) is 8.34. The van der Waals surface area contributed by atoms with Crippen LogP contribution in [0.4, 0.5) is 17.6 Å². The van der Waals surface area contributed by atoms with E-state index in [1.807, 2.05) is 0 Å². The average molecular weight is 521 g/mol. The summed E-state index contributed by atoms with van der Waals surface area (Å²) in [5.74, 6) is -5.08. The van der Waals surface area contributed by atoms with Crippen LogP contribution in [0.5, 0.6) is 0 Å².